The van der Waals surface area contributed by atoms with Crippen LogP contribution in [0.5, 0.6) is 0 Å². The Labute approximate surface area is 152 Å². The maximum Gasteiger partial charge on any atom is 0.361 e. The van der Waals surface area contributed by atoms with Crippen molar-refractivity contribution in [2.75, 3.05) is 6.61 Å². The summed E-state index contributed by atoms with van der Waals surface area (Å²) < 4.78 is 5.22. The molecule has 1 aliphatic rings. The molecule has 1 saturated heterocycles. The van der Waals surface area contributed by atoms with Crippen molar-refractivity contribution in [2.45, 2.75) is 52.1 Å². The Balaban J connectivity index is 1.65. The van der Waals surface area contributed by atoms with E-state index >= 15 is 0 Å². The summed E-state index contributed by atoms with van der Waals surface area (Å²) in [6, 6.07) is 9.66. The minimum absolute atomic E-state index is 0.126. The lowest BCUT2D eigenvalue weighted by Gasteiger charge is -2.38. The number of hydrogen-bond acceptors (Lipinski definition) is 5. The summed E-state index contributed by atoms with van der Waals surface area (Å²) >= 11 is 0. The maximum absolute atomic E-state index is 12.5. The van der Waals surface area contributed by atoms with Crippen molar-refractivity contribution in [3.63, 3.8) is 0 Å². The number of ether oxygens (including phenoxy) is 1. The van der Waals surface area contributed by atoms with Crippen LogP contribution in [0.4, 0.5) is 0 Å². The minimum Gasteiger partial charge on any atom is -0.451 e. The zero-order valence-electron chi connectivity index (χ0n) is 15.4. The number of piperidine rings is 1. The highest BCUT2D eigenvalue weighted by atomic mass is 16.5. The number of nitrogens with zero attached hydrogens (tertiary/aromatic N) is 4. The van der Waals surface area contributed by atoms with Crippen LogP contribution in [0, 0.1) is 6.92 Å². The van der Waals surface area contributed by atoms with Crippen LogP contribution in [0.1, 0.15) is 49.3 Å². The number of aromatic nitrogens is 3. The molecular weight excluding hydrogens is 332 g/mol. The summed E-state index contributed by atoms with van der Waals surface area (Å²) in [6.07, 6.45) is 3.08. The van der Waals surface area contributed by atoms with Gasteiger partial charge in [-0.3, -0.25) is 4.79 Å². The molecule has 1 fully saturated rings. The molecule has 26 heavy (non-hydrogen) atoms. The van der Waals surface area contributed by atoms with Gasteiger partial charge in [0.15, 0.2) is 12.3 Å². The first-order valence-electron chi connectivity index (χ1n) is 8.95. The predicted molar refractivity (Wildman–Crippen MR) is 96.0 cm³/mol. The predicted octanol–water partition coefficient (Wildman–Crippen LogP) is 2.52. The Bertz CT molecular complexity index is 777. The SMILES string of the molecule is Cc1nn(-c2ccccc2)nc1C(=O)OCC(=O)N1[C@H](C)CCC[C@@H]1C. The summed E-state index contributed by atoms with van der Waals surface area (Å²) in [5.74, 6) is -0.790. The molecule has 7 heteroatoms. The van der Waals surface area contributed by atoms with Crippen molar-refractivity contribution < 1.29 is 14.3 Å². The molecule has 3 rings (SSSR count). The zero-order chi connectivity index (χ0) is 18.7. The molecule has 1 aliphatic heterocycles. The van der Waals surface area contributed by atoms with Gasteiger partial charge in [-0.2, -0.15) is 9.90 Å². The zero-order valence-corrected chi connectivity index (χ0v) is 15.4. The number of para-hydroxylation sites is 1. The van der Waals surface area contributed by atoms with Crippen LogP contribution in [0.15, 0.2) is 30.3 Å². The Hall–Kier alpha value is -2.70. The molecule has 0 N–H and O–H groups in total. The number of benzene rings is 1. The smallest absolute Gasteiger partial charge is 0.361 e. The number of esters is 1. The van der Waals surface area contributed by atoms with E-state index in [-0.39, 0.29) is 30.3 Å². The van der Waals surface area contributed by atoms with Gasteiger partial charge in [-0.15, -0.1) is 5.10 Å². The van der Waals surface area contributed by atoms with Gasteiger partial charge >= 0.3 is 5.97 Å². The molecule has 0 unspecified atom stereocenters. The standard InChI is InChI=1S/C19H24N4O3/c1-13-8-7-9-14(2)22(13)17(24)12-26-19(25)18-15(3)20-23(21-18)16-10-5-4-6-11-16/h4-6,10-11,13-14H,7-9,12H2,1-3H3/t13-,14+. The lowest BCUT2D eigenvalue weighted by atomic mass is 9.97. The van der Waals surface area contributed by atoms with E-state index in [9.17, 15) is 9.59 Å². The van der Waals surface area contributed by atoms with Crippen LogP contribution in [-0.2, 0) is 9.53 Å². The monoisotopic (exact) mass is 356 g/mol. The first kappa shape index (κ1) is 18.1. The van der Waals surface area contributed by atoms with Gasteiger partial charge in [0.1, 0.15) is 0 Å². The average molecular weight is 356 g/mol. The normalized spacial score (nSPS) is 20.0. The van der Waals surface area contributed by atoms with Gasteiger partial charge in [0.2, 0.25) is 0 Å². The maximum atomic E-state index is 12.5. The van der Waals surface area contributed by atoms with Gasteiger partial charge in [0, 0.05) is 12.1 Å². The summed E-state index contributed by atoms with van der Waals surface area (Å²) in [5.41, 5.74) is 1.34. The van der Waals surface area contributed by atoms with Gasteiger partial charge in [-0.05, 0) is 52.2 Å². The highest BCUT2D eigenvalue weighted by molar-refractivity contribution is 5.90. The number of carbonyl (C=O) groups is 2. The first-order chi connectivity index (χ1) is 12.5. The average Bonchev–Trinajstić information content (AvgIpc) is 3.02. The third kappa shape index (κ3) is 3.76. The van der Waals surface area contributed by atoms with Crippen LogP contribution in [-0.4, -0.2) is 50.5 Å². The Morgan fingerprint density at radius 1 is 1.12 bits per heavy atom. The molecule has 138 valence electrons. The second-order valence-corrected chi connectivity index (χ2v) is 6.77. The number of amides is 1. The molecule has 2 atom stereocenters. The summed E-state index contributed by atoms with van der Waals surface area (Å²) in [7, 11) is 0. The molecule has 1 amide bonds. The molecule has 0 saturated carbocycles. The van der Waals surface area contributed by atoms with Gasteiger partial charge in [-0.1, -0.05) is 18.2 Å². The van der Waals surface area contributed by atoms with E-state index in [1.54, 1.807) is 6.92 Å². The summed E-state index contributed by atoms with van der Waals surface area (Å²) in [4.78, 5) is 28.0. The highest BCUT2D eigenvalue weighted by Gasteiger charge is 2.30. The highest BCUT2D eigenvalue weighted by Crippen LogP contribution is 2.22. The topological polar surface area (TPSA) is 77.3 Å². The molecule has 7 nitrogen and oxygen atoms in total. The Kier molecular flexibility index (Phi) is 5.35. The minimum atomic E-state index is -0.629. The lowest BCUT2D eigenvalue weighted by Crippen LogP contribution is -2.49. The van der Waals surface area contributed by atoms with Crippen LogP contribution in [0.2, 0.25) is 0 Å². The third-order valence-corrected chi connectivity index (χ3v) is 4.77. The molecule has 1 aromatic carbocycles. The van der Waals surface area contributed by atoms with Crippen molar-refractivity contribution in [1.82, 2.24) is 19.9 Å². The van der Waals surface area contributed by atoms with E-state index in [0.717, 1.165) is 24.9 Å². The van der Waals surface area contributed by atoms with Crippen molar-refractivity contribution in [2.24, 2.45) is 0 Å². The molecule has 0 spiro atoms. The quantitative estimate of drug-likeness (QED) is 0.787. The van der Waals surface area contributed by atoms with E-state index in [2.05, 4.69) is 10.2 Å². The summed E-state index contributed by atoms with van der Waals surface area (Å²) in [5, 5.41) is 8.46. The van der Waals surface area contributed by atoms with Gasteiger partial charge < -0.3 is 9.64 Å². The fraction of sp³-hybridized carbons (Fsp3) is 0.474. The number of rotatable bonds is 4. The van der Waals surface area contributed by atoms with Crippen molar-refractivity contribution in [3.05, 3.63) is 41.7 Å². The van der Waals surface area contributed by atoms with E-state index in [4.69, 9.17) is 4.74 Å². The largest absolute Gasteiger partial charge is 0.451 e. The second-order valence-electron chi connectivity index (χ2n) is 6.77. The van der Waals surface area contributed by atoms with Crippen LogP contribution in [0.3, 0.4) is 0 Å². The van der Waals surface area contributed by atoms with E-state index in [1.165, 1.54) is 4.80 Å². The number of hydrogen-bond donors (Lipinski definition) is 0. The van der Waals surface area contributed by atoms with Gasteiger partial charge in [0.05, 0.1) is 11.4 Å². The van der Waals surface area contributed by atoms with Crippen molar-refractivity contribution in [3.8, 4) is 5.69 Å². The van der Waals surface area contributed by atoms with Gasteiger partial charge in [-0.25, -0.2) is 4.79 Å². The van der Waals surface area contributed by atoms with Crippen LogP contribution in [0.25, 0.3) is 5.69 Å². The summed E-state index contributed by atoms with van der Waals surface area (Å²) in [6.45, 7) is 5.49. The molecule has 2 heterocycles. The molecule has 1 aromatic heterocycles. The lowest BCUT2D eigenvalue weighted by molar-refractivity contribution is -0.140. The molecule has 2 aromatic rings. The van der Waals surface area contributed by atoms with Gasteiger partial charge in [0.25, 0.3) is 5.91 Å². The first-order valence-corrected chi connectivity index (χ1v) is 8.95. The molecule has 0 bridgehead atoms. The van der Waals surface area contributed by atoms with E-state index in [1.807, 2.05) is 49.1 Å². The molecule has 0 aliphatic carbocycles. The molecule has 0 radical (unpaired) electrons. The third-order valence-electron chi connectivity index (χ3n) is 4.77. The number of carbonyl (C=O) groups excluding carboxylic acids is 2. The van der Waals surface area contributed by atoms with Crippen LogP contribution < -0.4 is 0 Å². The van der Waals surface area contributed by atoms with E-state index < -0.39 is 5.97 Å². The Morgan fingerprint density at radius 3 is 2.42 bits per heavy atom. The fourth-order valence-electron chi connectivity index (χ4n) is 3.43. The van der Waals surface area contributed by atoms with E-state index in [0.29, 0.717) is 5.69 Å². The number of aryl methyl sites for hydroxylation is 1. The molecular formula is C19H24N4O3. The fourth-order valence-corrected chi connectivity index (χ4v) is 3.43. The van der Waals surface area contributed by atoms with Crippen molar-refractivity contribution in [1.29, 1.82) is 0 Å². The Morgan fingerprint density at radius 2 is 1.77 bits per heavy atom. The van der Waals surface area contributed by atoms with Crippen LogP contribution >= 0.6 is 0 Å². The second kappa shape index (κ2) is 7.68. The van der Waals surface area contributed by atoms with Crippen molar-refractivity contribution >= 4 is 11.9 Å². The number of likely N-dealkylation sites (tertiary alicyclic amines) is 1.